The van der Waals surface area contributed by atoms with Gasteiger partial charge in [-0.3, -0.25) is 18.7 Å². The lowest BCUT2D eigenvalue weighted by Crippen LogP contribution is -2.65. The number of hydrogen-bond acceptors (Lipinski definition) is 11. The van der Waals surface area contributed by atoms with Crippen molar-refractivity contribution >= 4 is 30.7 Å². The van der Waals surface area contributed by atoms with Gasteiger partial charge in [0, 0.05) is 24.2 Å². The van der Waals surface area contributed by atoms with E-state index < -0.39 is 49.3 Å². The summed E-state index contributed by atoms with van der Waals surface area (Å²) in [6, 6.07) is 9.95. The van der Waals surface area contributed by atoms with E-state index in [1.165, 1.54) is 12.3 Å². The van der Waals surface area contributed by atoms with Crippen molar-refractivity contribution in [3.05, 3.63) is 60.4 Å². The fraction of sp³-hybridized carbons (Fsp3) is 0.500. The third-order valence-corrected chi connectivity index (χ3v) is 9.33. The van der Waals surface area contributed by atoms with Crippen molar-refractivity contribution in [3.63, 3.8) is 0 Å². The van der Waals surface area contributed by atoms with E-state index >= 15 is 0 Å². The predicted octanol–water partition coefficient (Wildman–Crippen LogP) is 1.98. The monoisotopic (exact) mass is 610 g/mol. The Morgan fingerprint density at radius 2 is 2.05 bits per heavy atom. The van der Waals surface area contributed by atoms with Crippen molar-refractivity contribution in [3.8, 4) is 6.07 Å². The number of urea groups is 1. The lowest BCUT2D eigenvalue weighted by Gasteiger charge is -2.41. The van der Waals surface area contributed by atoms with Crippen molar-refractivity contribution in [1.29, 1.82) is 5.26 Å². The highest BCUT2D eigenvalue weighted by Crippen LogP contribution is 2.48. The fourth-order valence-electron chi connectivity index (χ4n) is 3.94. The Labute approximate surface area is 242 Å². The molecule has 3 rings (SSSR count). The van der Waals surface area contributed by atoms with Gasteiger partial charge in [0.05, 0.1) is 25.2 Å². The molecule has 15 heteroatoms. The number of ether oxygens (including phenoxy) is 1. The smallest absolute Gasteiger partial charge is 0.395 e. The highest BCUT2D eigenvalue weighted by molar-refractivity contribution is 8.13. The van der Waals surface area contributed by atoms with Crippen LogP contribution in [0.25, 0.3) is 0 Å². The Bertz CT molecular complexity index is 1250. The van der Waals surface area contributed by atoms with Crippen molar-refractivity contribution < 1.29 is 43.3 Å². The standard InChI is InChI=1S/C26H35N4O9PS/c1-18-10-11-30(23(34)29-18)26(16-27)25(4,35)21(32)20(39-26)15-38-40(36,28-14-19-8-6-5-7-9-19)37-12-13-41-22(33)24(2,3)17-31/h5-11,20-21,31-32,35H,1,12-15,17H2,2-4H3,(H,28,36)(H,29,34)/t20-,21-,25-,26-,40?/m1/s1. The minimum Gasteiger partial charge on any atom is -0.395 e. The van der Waals surface area contributed by atoms with Gasteiger partial charge < -0.3 is 25.4 Å². The second kappa shape index (κ2) is 13.2. The zero-order valence-electron chi connectivity index (χ0n) is 23.0. The number of nitriles is 1. The van der Waals surface area contributed by atoms with Crippen LogP contribution in [0.4, 0.5) is 4.79 Å². The van der Waals surface area contributed by atoms with Crippen LogP contribution >= 0.6 is 19.5 Å². The molecule has 0 aromatic heterocycles. The summed E-state index contributed by atoms with van der Waals surface area (Å²) in [6.45, 7) is 6.92. The van der Waals surface area contributed by atoms with Crippen LogP contribution in [0, 0.1) is 16.7 Å². The summed E-state index contributed by atoms with van der Waals surface area (Å²) in [5.74, 6) is 0.110. The van der Waals surface area contributed by atoms with Crippen LogP contribution in [0.1, 0.15) is 26.3 Å². The van der Waals surface area contributed by atoms with Crippen molar-refractivity contribution in [2.45, 2.75) is 50.8 Å². The molecule has 2 aliphatic rings. The normalized spacial score (nSPS) is 27.8. The molecule has 5 atom stereocenters. The topological polar surface area (TPSA) is 191 Å². The number of hydrogen-bond donors (Lipinski definition) is 5. The first-order valence-corrected chi connectivity index (χ1v) is 15.2. The van der Waals surface area contributed by atoms with Gasteiger partial charge in [-0.2, -0.15) is 5.26 Å². The van der Waals surface area contributed by atoms with Gasteiger partial charge in [-0.05, 0) is 32.4 Å². The molecule has 0 bridgehead atoms. The summed E-state index contributed by atoms with van der Waals surface area (Å²) < 4.78 is 30.6. The van der Waals surface area contributed by atoms with Gasteiger partial charge in [-0.15, -0.1) is 0 Å². The third-order valence-electron chi connectivity index (χ3n) is 6.59. The Hall–Kier alpha value is -2.57. The molecule has 41 heavy (non-hydrogen) atoms. The number of carbonyl (C=O) groups is 2. The third kappa shape index (κ3) is 7.26. The van der Waals surface area contributed by atoms with Crippen LogP contribution in [0.15, 0.2) is 54.9 Å². The highest BCUT2D eigenvalue weighted by atomic mass is 32.2. The number of nitrogens with zero attached hydrogens (tertiary/aromatic N) is 2. The number of allylic oxidation sites excluding steroid dienone is 1. The summed E-state index contributed by atoms with van der Waals surface area (Å²) in [5, 5.41) is 46.4. The molecule has 0 saturated carbocycles. The number of nitrogens with one attached hydrogen (secondary N) is 2. The molecule has 1 unspecified atom stereocenters. The van der Waals surface area contributed by atoms with Crippen LogP contribution in [-0.4, -0.2) is 80.5 Å². The average molecular weight is 611 g/mol. The second-order valence-electron chi connectivity index (χ2n) is 10.3. The van der Waals surface area contributed by atoms with Crippen molar-refractivity contribution in [2.75, 3.05) is 25.6 Å². The largest absolute Gasteiger partial charge is 0.405 e. The first kappa shape index (κ1) is 32.9. The molecule has 5 N–H and O–H groups in total. The Morgan fingerprint density at radius 3 is 2.66 bits per heavy atom. The lowest BCUT2D eigenvalue weighted by atomic mass is 9.87. The maximum absolute atomic E-state index is 13.7. The number of benzene rings is 1. The number of aliphatic hydroxyl groups excluding tert-OH is 2. The zero-order valence-corrected chi connectivity index (χ0v) is 24.7. The predicted molar refractivity (Wildman–Crippen MR) is 150 cm³/mol. The maximum Gasteiger partial charge on any atom is 0.405 e. The highest BCUT2D eigenvalue weighted by Gasteiger charge is 2.67. The summed E-state index contributed by atoms with van der Waals surface area (Å²) in [5.41, 5.74) is -4.60. The van der Waals surface area contributed by atoms with Gasteiger partial charge in [-0.25, -0.2) is 14.4 Å². The van der Waals surface area contributed by atoms with Gasteiger partial charge >= 0.3 is 13.8 Å². The van der Waals surface area contributed by atoms with E-state index in [2.05, 4.69) is 17.0 Å². The SMILES string of the molecule is C=C1C=CN([C@]2(C#N)O[C@H](COP(=O)(NCc3ccccc3)OCCSC(=O)C(C)(C)CO)[C@@H](O)[C@@]2(C)O)C(=O)N1. The molecule has 2 aliphatic heterocycles. The van der Waals surface area contributed by atoms with Crippen LogP contribution in [0.3, 0.4) is 0 Å². The van der Waals surface area contributed by atoms with Crippen LogP contribution in [-0.2, 0) is 29.7 Å². The van der Waals surface area contributed by atoms with E-state index in [1.807, 2.05) is 6.07 Å². The molecular formula is C26H35N4O9PS. The van der Waals surface area contributed by atoms with E-state index in [0.29, 0.717) is 0 Å². The van der Waals surface area contributed by atoms with Crippen LogP contribution < -0.4 is 10.4 Å². The van der Waals surface area contributed by atoms with Crippen LogP contribution in [0.2, 0.25) is 0 Å². The quantitative estimate of drug-likeness (QED) is 0.161. The number of rotatable bonds is 13. The molecule has 2 amide bonds. The summed E-state index contributed by atoms with van der Waals surface area (Å²) in [7, 11) is -4.11. The molecule has 1 aromatic rings. The number of amides is 2. The van der Waals surface area contributed by atoms with E-state index in [1.54, 1.807) is 44.2 Å². The zero-order chi connectivity index (χ0) is 30.5. The number of carbonyl (C=O) groups excluding carboxylic acids is 2. The fourth-order valence-corrected chi connectivity index (χ4v) is 6.18. The molecule has 0 spiro atoms. The van der Waals surface area contributed by atoms with Gasteiger partial charge in [0.1, 0.15) is 18.3 Å². The molecule has 2 heterocycles. The molecule has 0 radical (unpaired) electrons. The second-order valence-corrected chi connectivity index (χ2v) is 13.2. The van der Waals surface area contributed by atoms with E-state index in [-0.39, 0.29) is 36.3 Å². The van der Waals surface area contributed by atoms with Crippen LogP contribution in [0.5, 0.6) is 0 Å². The van der Waals surface area contributed by atoms with Gasteiger partial charge in [0.25, 0.3) is 5.72 Å². The summed E-state index contributed by atoms with van der Waals surface area (Å²) >= 11 is 0.907. The maximum atomic E-state index is 13.7. The Morgan fingerprint density at radius 1 is 1.37 bits per heavy atom. The van der Waals surface area contributed by atoms with Gasteiger partial charge in [0.15, 0.2) is 10.7 Å². The number of thioether (sulfide) groups is 1. The lowest BCUT2D eigenvalue weighted by molar-refractivity contribution is -0.155. The van der Waals surface area contributed by atoms with E-state index in [4.69, 9.17) is 13.8 Å². The molecule has 13 nitrogen and oxygen atoms in total. The molecular weight excluding hydrogens is 575 g/mol. The molecule has 224 valence electrons. The summed E-state index contributed by atoms with van der Waals surface area (Å²) in [4.78, 5) is 25.7. The molecule has 1 aromatic carbocycles. The van der Waals surface area contributed by atoms with Crippen molar-refractivity contribution in [1.82, 2.24) is 15.3 Å². The first-order chi connectivity index (χ1) is 19.2. The van der Waals surface area contributed by atoms with E-state index in [9.17, 15) is 34.7 Å². The molecule has 1 fully saturated rings. The molecule has 0 aliphatic carbocycles. The van der Waals surface area contributed by atoms with E-state index in [0.717, 1.165) is 29.1 Å². The Kier molecular flexibility index (Phi) is 10.6. The van der Waals surface area contributed by atoms with Gasteiger partial charge in [0.2, 0.25) is 0 Å². The minimum absolute atomic E-state index is 0.0816. The van der Waals surface area contributed by atoms with Gasteiger partial charge in [-0.1, -0.05) is 48.7 Å². The minimum atomic E-state index is -4.11. The molecule has 1 saturated heterocycles. The number of aliphatic hydroxyl groups is 3. The first-order valence-electron chi connectivity index (χ1n) is 12.6. The summed E-state index contributed by atoms with van der Waals surface area (Å²) in [6.07, 6.45) is -0.574. The Balaban J connectivity index is 1.74. The average Bonchev–Trinajstić information content (AvgIpc) is 3.14. The van der Waals surface area contributed by atoms with Crippen molar-refractivity contribution in [2.24, 2.45) is 5.41 Å².